The molecule has 2 aromatic heterocycles. The number of nitrogens with one attached hydrogen (secondary N) is 1. The van der Waals surface area contributed by atoms with Gasteiger partial charge in [0.1, 0.15) is 4.83 Å². The first-order chi connectivity index (χ1) is 10.8. The van der Waals surface area contributed by atoms with Crippen molar-refractivity contribution in [3.05, 3.63) is 71.6 Å². The van der Waals surface area contributed by atoms with Gasteiger partial charge in [-0.25, -0.2) is 4.98 Å². The molecule has 0 atom stereocenters. The van der Waals surface area contributed by atoms with E-state index < -0.39 is 0 Å². The van der Waals surface area contributed by atoms with Crippen LogP contribution in [0.25, 0.3) is 21.1 Å². The van der Waals surface area contributed by atoms with Gasteiger partial charge in [-0.05, 0) is 30.3 Å². The van der Waals surface area contributed by atoms with E-state index in [0.29, 0.717) is 4.88 Å². The van der Waals surface area contributed by atoms with Crippen LogP contribution in [0.3, 0.4) is 0 Å². The molecule has 4 aromatic rings. The summed E-state index contributed by atoms with van der Waals surface area (Å²) in [5, 5.41) is 4.99. The van der Waals surface area contributed by atoms with E-state index >= 15 is 0 Å². The number of thiophene rings is 1. The first kappa shape index (κ1) is 13.0. The summed E-state index contributed by atoms with van der Waals surface area (Å²) in [6, 6.07) is 21.4. The van der Waals surface area contributed by atoms with Gasteiger partial charge >= 0.3 is 0 Å². The summed E-state index contributed by atoms with van der Waals surface area (Å²) in [7, 11) is 0. The third kappa shape index (κ3) is 2.34. The Kier molecular flexibility index (Phi) is 3.09. The third-order valence-electron chi connectivity index (χ3n) is 3.47. The van der Waals surface area contributed by atoms with Crippen LogP contribution in [0.5, 0.6) is 0 Å². The molecule has 1 N–H and O–H groups in total. The Labute approximate surface area is 131 Å². The van der Waals surface area contributed by atoms with Crippen molar-refractivity contribution < 1.29 is 4.79 Å². The molecule has 4 rings (SSSR count). The number of benzene rings is 2. The van der Waals surface area contributed by atoms with Crippen molar-refractivity contribution in [2.45, 2.75) is 0 Å². The summed E-state index contributed by atoms with van der Waals surface area (Å²) in [5.41, 5.74) is 1.75. The number of rotatable bonds is 2. The van der Waals surface area contributed by atoms with E-state index in [1.54, 1.807) is 0 Å². The Morgan fingerprint density at radius 2 is 1.68 bits per heavy atom. The average molecular weight is 304 g/mol. The van der Waals surface area contributed by atoms with Gasteiger partial charge in [0.2, 0.25) is 0 Å². The molecule has 2 heterocycles. The molecule has 0 saturated carbocycles. The van der Waals surface area contributed by atoms with Gasteiger partial charge in [0, 0.05) is 16.5 Å². The average Bonchev–Trinajstić information content (AvgIpc) is 2.96. The first-order valence-electron chi connectivity index (χ1n) is 6.95. The lowest BCUT2D eigenvalue weighted by Gasteiger charge is -2.01. The summed E-state index contributed by atoms with van der Waals surface area (Å²) >= 11 is 1.42. The molecule has 22 heavy (non-hydrogen) atoms. The minimum atomic E-state index is -0.0988. The number of anilines is 1. The van der Waals surface area contributed by atoms with E-state index in [-0.39, 0.29) is 5.91 Å². The standard InChI is InChI=1S/C18H12N2OS/c21-17(19-14-7-2-1-3-8-14)16-11-13-10-12-6-4-5-9-15(12)20-18(13)22-16/h1-11H,(H,19,21). The Morgan fingerprint density at radius 1 is 0.909 bits per heavy atom. The van der Waals surface area contributed by atoms with E-state index in [0.717, 1.165) is 26.8 Å². The number of pyridine rings is 1. The van der Waals surface area contributed by atoms with Crippen molar-refractivity contribution >= 4 is 44.1 Å². The fourth-order valence-electron chi connectivity index (χ4n) is 2.40. The minimum Gasteiger partial charge on any atom is -0.321 e. The maximum Gasteiger partial charge on any atom is 0.265 e. The van der Waals surface area contributed by atoms with Gasteiger partial charge < -0.3 is 5.32 Å². The van der Waals surface area contributed by atoms with Gasteiger partial charge in [-0.15, -0.1) is 11.3 Å². The Bertz CT molecular complexity index is 924. The predicted molar refractivity (Wildman–Crippen MR) is 91.5 cm³/mol. The molecule has 1 amide bonds. The van der Waals surface area contributed by atoms with Gasteiger partial charge in [0.25, 0.3) is 5.91 Å². The van der Waals surface area contributed by atoms with Crippen LogP contribution in [0.1, 0.15) is 9.67 Å². The quantitative estimate of drug-likeness (QED) is 0.583. The Hall–Kier alpha value is -2.72. The SMILES string of the molecule is O=C(Nc1ccccc1)c1cc2cc3ccccc3nc2s1. The largest absolute Gasteiger partial charge is 0.321 e. The van der Waals surface area contributed by atoms with Gasteiger partial charge in [0.05, 0.1) is 10.4 Å². The van der Waals surface area contributed by atoms with Crippen LogP contribution in [0.15, 0.2) is 66.7 Å². The number of fused-ring (bicyclic) bond motifs is 2. The van der Waals surface area contributed by atoms with Crippen LogP contribution in [0, 0.1) is 0 Å². The molecule has 106 valence electrons. The van der Waals surface area contributed by atoms with Gasteiger partial charge in [-0.2, -0.15) is 0 Å². The van der Waals surface area contributed by atoms with E-state index in [9.17, 15) is 4.79 Å². The number of carbonyl (C=O) groups excluding carboxylic acids is 1. The highest BCUT2D eigenvalue weighted by molar-refractivity contribution is 7.20. The number of para-hydroxylation sites is 2. The molecular weight excluding hydrogens is 292 g/mol. The highest BCUT2D eigenvalue weighted by Gasteiger charge is 2.12. The van der Waals surface area contributed by atoms with Crippen LogP contribution in [-0.4, -0.2) is 10.9 Å². The number of hydrogen-bond acceptors (Lipinski definition) is 3. The number of nitrogens with zero attached hydrogens (tertiary/aromatic N) is 1. The van der Waals surface area contributed by atoms with Crippen LogP contribution < -0.4 is 5.32 Å². The zero-order valence-corrected chi connectivity index (χ0v) is 12.4. The van der Waals surface area contributed by atoms with E-state index in [4.69, 9.17) is 0 Å². The number of hydrogen-bond donors (Lipinski definition) is 1. The topological polar surface area (TPSA) is 42.0 Å². The molecule has 0 fully saturated rings. The second kappa shape index (κ2) is 5.24. The van der Waals surface area contributed by atoms with Crippen molar-refractivity contribution in [3.8, 4) is 0 Å². The molecule has 0 aliphatic rings. The summed E-state index contributed by atoms with van der Waals surface area (Å²) in [6.07, 6.45) is 0. The summed E-state index contributed by atoms with van der Waals surface area (Å²) in [4.78, 5) is 18.5. The molecule has 0 saturated heterocycles. The fourth-order valence-corrected chi connectivity index (χ4v) is 3.32. The van der Waals surface area contributed by atoms with Crippen molar-refractivity contribution in [1.29, 1.82) is 0 Å². The van der Waals surface area contributed by atoms with Crippen LogP contribution in [0.4, 0.5) is 5.69 Å². The lowest BCUT2D eigenvalue weighted by atomic mass is 10.2. The zero-order chi connectivity index (χ0) is 14.9. The highest BCUT2D eigenvalue weighted by atomic mass is 32.1. The molecule has 4 heteroatoms. The van der Waals surface area contributed by atoms with Crippen LogP contribution >= 0.6 is 11.3 Å². The number of aromatic nitrogens is 1. The molecule has 0 bridgehead atoms. The maximum atomic E-state index is 12.3. The fraction of sp³-hybridized carbons (Fsp3) is 0. The predicted octanol–water partition coefficient (Wildman–Crippen LogP) is 4.70. The molecule has 0 unspecified atom stereocenters. The van der Waals surface area contributed by atoms with Crippen molar-refractivity contribution in [1.82, 2.24) is 4.98 Å². The Balaban J connectivity index is 1.72. The summed E-state index contributed by atoms with van der Waals surface area (Å²) in [5.74, 6) is -0.0988. The van der Waals surface area contributed by atoms with E-state index in [2.05, 4.69) is 16.4 Å². The normalized spacial score (nSPS) is 10.9. The molecular formula is C18H12N2OS. The van der Waals surface area contributed by atoms with Crippen molar-refractivity contribution in [3.63, 3.8) is 0 Å². The molecule has 0 aliphatic heterocycles. The minimum absolute atomic E-state index is 0.0988. The van der Waals surface area contributed by atoms with E-state index in [1.165, 1.54) is 11.3 Å². The number of amides is 1. The summed E-state index contributed by atoms with van der Waals surface area (Å²) < 4.78 is 0. The highest BCUT2D eigenvalue weighted by Crippen LogP contribution is 2.27. The molecule has 0 spiro atoms. The molecule has 3 nitrogen and oxygen atoms in total. The lowest BCUT2D eigenvalue weighted by Crippen LogP contribution is -2.09. The second-order valence-electron chi connectivity index (χ2n) is 5.01. The van der Waals surface area contributed by atoms with E-state index in [1.807, 2.05) is 60.7 Å². The molecule has 0 radical (unpaired) electrons. The first-order valence-corrected chi connectivity index (χ1v) is 7.77. The molecule has 2 aromatic carbocycles. The van der Waals surface area contributed by atoms with Gasteiger partial charge in [-0.1, -0.05) is 36.4 Å². The Morgan fingerprint density at radius 3 is 2.55 bits per heavy atom. The molecule has 0 aliphatic carbocycles. The monoisotopic (exact) mass is 304 g/mol. The van der Waals surface area contributed by atoms with Crippen LogP contribution in [0.2, 0.25) is 0 Å². The number of carbonyl (C=O) groups is 1. The van der Waals surface area contributed by atoms with Gasteiger partial charge in [-0.3, -0.25) is 4.79 Å². The van der Waals surface area contributed by atoms with Crippen molar-refractivity contribution in [2.75, 3.05) is 5.32 Å². The smallest absolute Gasteiger partial charge is 0.265 e. The maximum absolute atomic E-state index is 12.3. The van der Waals surface area contributed by atoms with Crippen molar-refractivity contribution in [2.24, 2.45) is 0 Å². The summed E-state index contributed by atoms with van der Waals surface area (Å²) in [6.45, 7) is 0. The van der Waals surface area contributed by atoms with Crippen LogP contribution in [-0.2, 0) is 0 Å². The second-order valence-corrected chi connectivity index (χ2v) is 6.04. The van der Waals surface area contributed by atoms with Gasteiger partial charge in [0.15, 0.2) is 0 Å². The zero-order valence-electron chi connectivity index (χ0n) is 11.6. The lowest BCUT2D eigenvalue weighted by molar-refractivity contribution is 0.103. The third-order valence-corrected chi connectivity index (χ3v) is 4.51.